The van der Waals surface area contributed by atoms with Gasteiger partial charge in [-0.1, -0.05) is 12.1 Å². The van der Waals surface area contributed by atoms with E-state index >= 15 is 0 Å². The average Bonchev–Trinajstić information content (AvgIpc) is 2.78. The lowest BCUT2D eigenvalue weighted by Gasteiger charge is -2.15. The van der Waals surface area contributed by atoms with Gasteiger partial charge in [0, 0.05) is 25.5 Å². The van der Waals surface area contributed by atoms with Crippen LogP contribution in [0.3, 0.4) is 0 Å². The monoisotopic (exact) mass is 233 g/mol. The minimum Gasteiger partial charge on any atom is -0.462 e. The fourth-order valence-electron chi connectivity index (χ4n) is 1.76. The van der Waals surface area contributed by atoms with Crippen molar-refractivity contribution in [3.8, 4) is 0 Å². The Morgan fingerprint density at radius 1 is 1.41 bits per heavy atom. The van der Waals surface area contributed by atoms with E-state index in [1.807, 2.05) is 24.3 Å². The van der Waals surface area contributed by atoms with Crippen molar-refractivity contribution in [3.63, 3.8) is 0 Å². The first-order chi connectivity index (χ1) is 8.24. The predicted molar refractivity (Wildman–Crippen MR) is 65.9 cm³/mol. The van der Waals surface area contributed by atoms with Crippen LogP contribution in [0.5, 0.6) is 0 Å². The van der Waals surface area contributed by atoms with Crippen LogP contribution in [0.2, 0.25) is 0 Å². The van der Waals surface area contributed by atoms with Gasteiger partial charge in [0.15, 0.2) is 0 Å². The summed E-state index contributed by atoms with van der Waals surface area (Å²) < 4.78 is 5.38. The molecule has 17 heavy (non-hydrogen) atoms. The molecular formula is C13H15NO3. The molecular weight excluding hydrogens is 218 g/mol. The fourth-order valence-corrected chi connectivity index (χ4v) is 1.76. The van der Waals surface area contributed by atoms with Crippen LogP contribution in [0.15, 0.2) is 34.9 Å². The summed E-state index contributed by atoms with van der Waals surface area (Å²) in [6.07, 6.45) is 2.41. The molecule has 0 radical (unpaired) electrons. The van der Waals surface area contributed by atoms with Gasteiger partial charge in [-0.15, -0.1) is 0 Å². The standard InChI is InChI=1S/C13H15NO3/c1-14(13(16)7-4-8-15)11-9-17-12-6-3-2-5-10(11)12/h2-3,5-6,9,15H,4,7-8H2,1H3. The Bertz CT molecular complexity index is 518. The number of rotatable bonds is 4. The molecule has 0 aliphatic carbocycles. The Morgan fingerprint density at radius 2 is 2.18 bits per heavy atom. The summed E-state index contributed by atoms with van der Waals surface area (Å²) in [5.74, 6) is -0.0226. The number of aliphatic hydroxyl groups excluding tert-OH is 1. The molecule has 0 spiro atoms. The van der Waals surface area contributed by atoms with Crippen LogP contribution >= 0.6 is 0 Å². The summed E-state index contributed by atoms with van der Waals surface area (Å²) in [5.41, 5.74) is 1.54. The molecule has 0 saturated carbocycles. The van der Waals surface area contributed by atoms with Gasteiger partial charge in [0.25, 0.3) is 0 Å². The first-order valence-electron chi connectivity index (χ1n) is 5.57. The lowest BCUT2D eigenvalue weighted by Crippen LogP contribution is -2.25. The Balaban J connectivity index is 2.24. The molecule has 0 unspecified atom stereocenters. The number of para-hydroxylation sites is 1. The third-order valence-electron chi connectivity index (χ3n) is 2.74. The normalized spacial score (nSPS) is 10.7. The maximum absolute atomic E-state index is 11.8. The molecule has 90 valence electrons. The van der Waals surface area contributed by atoms with Crippen LogP contribution in [0, 0.1) is 0 Å². The number of anilines is 1. The summed E-state index contributed by atoms with van der Waals surface area (Å²) in [4.78, 5) is 13.4. The largest absolute Gasteiger partial charge is 0.462 e. The van der Waals surface area contributed by atoms with E-state index in [1.165, 1.54) is 0 Å². The fraction of sp³-hybridized carbons (Fsp3) is 0.308. The number of hydrogen-bond donors (Lipinski definition) is 1. The molecule has 1 N–H and O–H groups in total. The summed E-state index contributed by atoms with van der Waals surface area (Å²) >= 11 is 0. The van der Waals surface area contributed by atoms with E-state index in [2.05, 4.69) is 0 Å². The van der Waals surface area contributed by atoms with E-state index in [-0.39, 0.29) is 12.5 Å². The second-order valence-corrected chi connectivity index (χ2v) is 3.90. The smallest absolute Gasteiger partial charge is 0.226 e. The highest BCUT2D eigenvalue weighted by Crippen LogP contribution is 2.28. The molecule has 0 bridgehead atoms. The van der Waals surface area contributed by atoms with Gasteiger partial charge in [0.2, 0.25) is 5.91 Å². The predicted octanol–water partition coefficient (Wildman–Crippen LogP) is 2.17. The van der Waals surface area contributed by atoms with Gasteiger partial charge in [0.1, 0.15) is 11.8 Å². The van der Waals surface area contributed by atoms with Crippen molar-refractivity contribution < 1.29 is 14.3 Å². The number of benzene rings is 1. The summed E-state index contributed by atoms with van der Waals surface area (Å²) in [7, 11) is 1.72. The van der Waals surface area contributed by atoms with Crippen molar-refractivity contribution in [1.82, 2.24) is 0 Å². The number of carbonyl (C=O) groups is 1. The van der Waals surface area contributed by atoms with Crippen molar-refractivity contribution in [2.24, 2.45) is 0 Å². The van der Waals surface area contributed by atoms with Crippen LogP contribution in [0.1, 0.15) is 12.8 Å². The second-order valence-electron chi connectivity index (χ2n) is 3.90. The van der Waals surface area contributed by atoms with E-state index in [4.69, 9.17) is 9.52 Å². The van der Waals surface area contributed by atoms with E-state index in [1.54, 1.807) is 18.2 Å². The summed E-state index contributed by atoms with van der Waals surface area (Å²) in [5, 5.41) is 9.63. The first-order valence-corrected chi connectivity index (χ1v) is 5.57. The molecule has 1 heterocycles. The highest BCUT2D eigenvalue weighted by atomic mass is 16.3. The van der Waals surface area contributed by atoms with Crippen LogP contribution in [-0.4, -0.2) is 24.7 Å². The second kappa shape index (κ2) is 5.01. The molecule has 4 heteroatoms. The van der Waals surface area contributed by atoms with Crippen molar-refractivity contribution in [1.29, 1.82) is 0 Å². The van der Waals surface area contributed by atoms with Crippen molar-refractivity contribution >= 4 is 22.6 Å². The van der Waals surface area contributed by atoms with Gasteiger partial charge in [0.05, 0.1) is 5.69 Å². The average molecular weight is 233 g/mol. The van der Waals surface area contributed by atoms with Crippen molar-refractivity contribution in [2.75, 3.05) is 18.6 Å². The molecule has 0 fully saturated rings. The zero-order valence-corrected chi connectivity index (χ0v) is 9.72. The molecule has 2 aromatic rings. The SMILES string of the molecule is CN(C(=O)CCCO)c1coc2ccccc12. The number of aliphatic hydroxyl groups is 1. The summed E-state index contributed by atoms with van der Waals surface area (Å²) in [6.45, 7) is 0.0334. The van der Waals surface area contributed by atoms with E-state index in [9.17, 15) is 4.79 Å². The Morgan fingerprint density at radius 3 is 2.94 bits per heavy atom. The molecule has 1 aromatic heterocycles. The van der Waals surface area contributed by atoms with Gasteiger partial charge in [-0.25, -0.2) is 0 Å². The third kappa shape index (κ3) is 2.31. The lowest BCUT2D eigenvalue weighted by atomic mass is 10.2. The van der Waals surface area contributed by atoms with Gasteiger partial charge in [-0.2, -0.15) is 0 Å². The van der Waals surface area contributed by atoms with Crippen LogP contribution in [0.4, 0.5) is 5.69 Å². The molecule has 4 nitrogen and oxygen atoms in total. The molecule has 1 aromatic carbocycles. The number of furan rings is 1. The molecule has 0 atom stereocenters. The van der Waals surface area contributed by atoms with E-state index in [0.717, 1.165) is 16.7 Å². The molecule has 0 aliphatic heterocycles. The van der Waals surface area contributed by atoms with Gasteiger partial charge in [-0.3, -0.25) is 4.79 Å². The van der Waals surface area contributed by atoms with Crippen LogP contribution < -0.4 is 4.90 Å². The maximum atomic E-state index is 11.8. The first kappa shape index (κ1) is 11.7. The van der Waals surface area contributed by atoms with E-state index in [0.29, 0.717) is 12.8 Å². The topological polar surface area (TPSA) is 53.7 Å². The number of carbonyl (C=O) groups excluding carboxylic acids is 1. The zero-order chi connectivity index (χ0) is 12.3. The minimum absolute atomic E-state index is 0.0226. The molecule has 1 amide bonds. The van der Waals surface area contributed by atoms with Gasteiger partial charge < -0.3 is 14.4 Å². The molecule has 0 saturated heterocycles. The molecule has 0 aliphatic rings. The maximum Gasteiger partial charge on any atom is 0.226 e. The van der Waals surface area contributed by atoms with Crippen molar-refractivity contribution in [3.05, 3.63) is 30.5 Å². The summed E-state index contributed by atoms with van der Waals surface area (Å²) in [6, 6.07) is 7.59. The van der Waals surface area contributed by atoms with Crippen LogP contribution in [-0.2, 0) is 4.79 Å². The Hall–Kier alpha value is -1.81. The Labute approximate surface area is 99.4 Å². The Kier molecular flexibility index (Phi) is 3.44. The zero-order valence-electron chi connectivity index (χ0n) is 9.72. The highest BCUT2D eigenvalue weighted by molar-refractivity contribution is 6.01. The number of hydrogen-bond acceptors (Lipinski definition) is 3. The van der Waals surface area contributed by atoms with Gasteiger partial charge >= 0.3 is 0 Å². The van der Waals surface area contributed by atoms with Gasteiger partial charge in [-0.05, 0) is 18.6 Å². The van der Waals surface area contributed by atoms with E-state index < -0.39 is 0 Å². The third-order valence-corrected chi connectivity index (χ3v) is 2.74. The number of nitrogens with zero attached hydrogens (tertiary/aromatic N) is 1. The highest BCUT2D eigenvalue weighted by Gasteiger charge is 2.15. The quantitative estimate of drug-likeness (QED) is 0.880. The number of fused-ring (bicyclic) bond motifs is 1. The number of amides is 1. The van der Waals surface area contributed by atoms with Crippen LogP contribution in [0.25, 0.3) is 11.0 Å². The van der Waals surface area contributed by atoms with Crippen molar-refractivity contribution in [2.45, 2.75) is 12.8 Å². The molecule has 2 rings (SSSR count). The lowest BCUT2D eigenvalue weighted by molar-refractivity contribution is -0.118. The minimum atomic E-state index is -0.0226.